The zero-order chi connectivity index (χ0) is 20.8. The molecule has 28 heavy (non-hydrogen) atoms. The van der Waals surface area contributed by atoms with Crippen LogP contribution in [-0.4, -0.2) is 42.3 Å². The second-order valence-corrected chi connectivity index (χ2v) is 21.9. The molecular weight excluding hydrogens is 384 g/mol. The summed E-state index contributed by atoms with van der Waals surface area (Å²) in [4.78, 5) is 26.4. The van der Waals surface area contributed by atoms with Gasteiger partial charge in [-0.2, -0.15) is 0 Å². The lowest BCUT2D eigenvalue weighted by atomic mass is 9.78. The molecule has 4 nitrogen and oxygen atoms in total. The van der Waals surface area contributed by atoms with Crippen LogP contribution < -0.4 is 0 Å². The SMILES string of the molecule is COC(=O)C1=C(C(=O)OC)[C@@]2([Si](C)(C)C)C3=C([C@H]4CC[C@H]3C4)[C@H]1[C@@H]2[Si](C)(C)C. The zero-order valence-electron chi connectivity index (χ0n) is 18.6. The number of allylic oxidation sites excluding steroid dienone is 2. The molecule has 0 aromatic heterocycles. The first-order chi connectivity index (χ1) is 12.9. The van der Waals surface area contributed by atoms with Crippen LogP contribution in [0.3, 0.4) is 0 Å². The lowest BCUT2D eigenvalue weighted by Gasteiger charge is -2.51. The van der Waals surface area contributed by atoms with Crippen molar-refractivity contribution in [3.05, 3.63) is 22.3 Å². The van der Waals surface area contributed by atoms with Gasteiger partial charge in [0.1, 0.15) is 0 Å². The third kappa shape index (κ3) is 2.16. The summed E-state index contributed by atoms with van der Waals surface area (Å²) in [6.45, 7) is 14.4. The van der Waals surface area contributed by atoms with Crippen LogP contribution in [0.15, 0.2) is 22.3 Å². The van der Waals surface area contributed by atoms with E-state index in [1.165, 1.54) is 33.5 Å². The highest BCUT2D eigenvalue weighted by Crippen LogP contribution is 2.82. The highest BCUT2D eigenvalue weighted by Gasteiger charge is 2.75. The molecule has 0 aliphatic heterocycles. The van der Waals surface area contributed by atoms with E-state index >= 15 is 0 Å². The number of hydrogen-bond acceptors (Lipinski definition) is 4. The van der Waals surface area contributed by atoms with Crippen LogP contribution in [-0.2, 0) is 19.1 Å². The standard InChI is InChI=1S/C22H34O4Si2/c1-25-20(23)16-15-14-12-9-10-13(11-12)17(14)22(28(6,7)8,18(16)21(24)26-2)19(15)27(3,4)5/h12-13,15,19H,9-11H2,1-8H3/t12-,13-,15+,19-,22-/m0/s1. The van der Waals surface area contributed by atoms with E-state index in [9.17, 15) is 9.59 Å². The van der Waals surface area contributed by atoms with E-state index in [0.717, 1.165) is 0 Å². The summed E-state index contributed by atoms with van der Waals surface area (Å²) < 4.78 is 10.6. The topological polar surface area (TPSA) is 52.6 Å². The summed E-state index contributed by atoms with van der Waals surface area (Å²) >= 11 is 0. The predicted octanol–water partition coefficient (Wildman–Crippen LogP) is 4.79. The maximum atomic E-state index is 13.3. The highest BCUT2D eigenvalue weighted by atomic mass is 28.3. The minimum absolute atomic E-state index is 0.0743. The first kappa shape index (κ1) is 20.1. The van der Waals surface area contributed by atoms with Gasteiger partial charge in [0.15, 0.2) is 0 Å². The maximum absolute atomic E-state index is 13.3. The first-order valence-electron chi connectivity index (χ1n) is 10.6. The fraction of sp³-hybridized carbons (Fsp3) is 0.727. The Morgan fingerprint density at radius 2 is 1.50 bits per heavy atom. The van der Waals surface area contributed by atoms with E-state index in [1.807, 2.05) is 0 Å². The normalized spacial score (nSPS) is 36.3. The zero-order valence-corrected chi connectivity index (χ0v) is 20.6. The largest absolute Gasteiger partial charge is 0.466 e. The third-order valence-electron chi connectivity index (χ3n) is 8.04. The summed E-state index contributed by atoms with van der Waals surface area (Å²) in [7, 11) is -0.800. The minimum atomic E-state index is -1.96. The molecular formula is C22H34O4Si2. The molecule has 4 aliphatic carbocycles. The van der Waals surface area contributed by atoms with Crippen LogP contribution in [0.2, 0.25) is 49.9 Å². The number of methoxy groups -OCH3 is 2. The summed E-state index contributed by atoms with van der Waals surface area (Å²) in [5.74, 6) is 0.645. The van der Waals surface area contributed by atoms with Crippen LogP contribution in [0.1, 0.15) is 19.3 Å². The van der Waals surface area contributed by atoms with Gasteiger partial charge in [0.05, 0.1) is 33.4 Å². The van der Waals surface area contributed by atoms with Gasteiger partial charge in [-0.3, -0.25) is 0 Å². The summed E-state index contributed by atoms with van der Waals surface area (Å²) in [6.07, 6.45) is 3.69. The van der Waals surface area contributed by atoms with Crippen LogP contribution >= 0.6 is 0 Å². The van der Waals surface area contributed by atoms with Gasteiger partial charge < -0.3 is 9.47 Å². The molecule has 4 rings (SSSR count). The molecule has 1 fully saturated rings. The highest BCUT2D eigenvalue weighted by molar-refractivity contribution is 6.87. The molecule has 0 saturated heterocycles. The van der Waals surface area contributed by atoms with Crippen LogP contribution in [0.5, 0.6) is 0 Å². The Morgan fingerprint density at radius 1 is 0.929 bits per heavy atom. The Kier molecular flexibility index (Phi) is 4.27. The van der Waals surface area contributed by atoms with E-state index in [0.29, 0.717) is 28.5 Å². The van der Waals surface area contributed by atoms with Crippen molar-refractivity contribution in [1.82, 2.24) is 0 Å². The molecule has 0 aromatic carbocycles. The Balaban J connectivity index is 2.11. The van der Waals surface area contributed by atoms with Gasteiger partial charge in [0.2, 0.25) is 0 Å². The van der Waals surface area contributed by atoms with Gasteiger partial charge >= 0.3 is 11.9 Å². The van der Waals surface area contributed by atoms with Crippen molar-refractivity contribution in [3.8, 4) is 0 Å². The van der Waals surface area contributed by atoms with Crippen molar-refractivity contribution < 1.29 is 19.1 Å². The van der Waals surface area contributed by atoms with Gasteiger partial charge in [0, 0.05) is 19.0 Å². The Hall–Kier alpha value is -1.15. The van der Waals surface area contributed by atoms with E-state index in [4.69, 9.17) is 9.47 Å². The molecule has 0 amide bonds. The van der Waals surface area contributed by atoms with Crippen molar-refractivity contribution in [2.45, 2.75) is 69.1 Å². The predicted molar refractivity (Wildman–Crippen MR) is 116 cm³/mol. The number of carbonyl (C=O) groups excluding carboxylic acids is 2. The number of hydrogen-bond donors (Lipinski definition) is 0. The van der Waals surface area contributed by atoms with Gasteiger partial charge in [-0.25, -0.2) is 9.59 Å². The van der Waals surface area contributed by atoms with E-state index in [1.54, 1.807) is 11.1 Å². The Labute approximate surface area is 170 Å². The molecule has 5 atom stereocenters. The van der Waals surface area contributed by atoms with Gasteiger partial charge in [-0.05, 0) is 36.6 Å². The van der Waals surface area contributed by atoms with E-state index in [-0.39, 0.29) is 22.9 Å². The van der Waals surface area contributed by atoms with Crippen LogP contribution in [0, 0.1) is 17.8 Å². The van der Waals surface area contributed by atoms with E-state index in [2.05, 4.69) is 39.3 Å². The molecule has 4 bridgehead atoms. The lowest BCUT2D eigenvalue weighted by molar-refractivity contribution is -0.139. The van der Waals surface area contributed by atoms with Gasteiger partial charge in [-0.1, -0.05) is 50.4 Å². The molecule has 0 heterocycles. The molecule has 0 N–H and O–H groups in total. The average molecular weight is 419 g/mol. The number of fused-ring (bicyclic) bond motifs is 8. The minimum Gasteiger partial charge on any atom is -0.466 e. The van der Waals surface area contributed by atoms with E-state index < -0.39 is 16.1 Å². The average Bonchev–Trinajstić information content (AvgIpc) is 3.32. The number of ether oxygens (including phenoxy) is 2. The molecule has 6 heteroatoms. The summed E-state index contributed by atoms with van der Waals surface area (Å²) in [6, 6.07) is 0. The number of esters is 2. The maximum Gasteiger partial charge on any atom is 0.334 e. The Bertz CT molecular complexity index is 826. The third-order valence-corrected chi connectivity index (χ3v) is 14.2. The van der Waals surface area contributed by atoms with Crippen molar-refractivity contribution in [2.75, 3.05) is 14.2 Å². The monoisotopic (exact) mass is 418 g/mol. The van der Waals surface area contributed by atoms with Crippen LogP contribution in [0.4, 0.5) is 0 Å². The second-order valence-electron chi connectivity index (χ2n) is 11.2. The van der Waals surface area contributed by atoms with Crippen molar-refractivity contribution in [1.29, 1.82) is 0 Å². The van der Waals surface area contributed by atoms with Gasteiger partial charge in [-0.15, -0.1) is 0 Å². The lowest BCUT2D eigenvalue weighted by Crippen LogP contribution is -2.50. The molecule has 0 spiro atoms. The fourth-order valence-electron chi connectivity index (χ4n) is 7.64. The van der Waals surface area contributed by atoms with Gasteiger partial charge in [0.25, 0.3) is 0 Å². The molecule has 0 radical (unpaired) electrons. The first-order valence-corrected chi connectivity index (χ1v) is 17.7. The molecule has 0 unspecified atom stereocenters. The Morgan fingerprint density at radius 3 is 2.00 bits per heavy atom. The summed E-state index contributed by atoms with van der Waals surface area (Å²) in [5.41, 5.74) is 4.82. The second kappa shape index (κ2) is 5.94. The fourth-order valence-corrected chi connectivity index (χ4v) is 16.4. The number of carbonyl (C=O) groups is 2. The van der Waals surface area contributed by atoms with Crippen molar-refractivity contribution in [2.24, 2.45) is 17.8 Å². The molecule has 1 saturated carbocycles. The molecule has 154 valence electrons. The summed E-state index contributed by atoms with van der Waals surface area (Å²) in [5, 5.41) is -0.270. The van der Waals surface area contributed by atoms with Crippen LogP contribution in [0.25, 0.3) is 0 Å². The molecule has 0 aromatic rings. The number of rotatable bonds is 4. The molecule has 4 aliphatic rings. The quantitative estimate of drug-likeness (QED) is 0.285. The smallest absolute Gasteiger partial charge is 0.334 e. The van der Waals surface area contributed by atoms with Crippen molar-refractivity contribution in [3.63, 3.8) is 0 Å². The van der Waals surface area contributed by atoms with Crippen molar-refractivity contribution >= 4 is 28.1 Å².